The maximum Gasteiger partial charge on any atom is 1.00 e. The quantitative estimate of drug-likeness (QED) is 0.0754. The van der Waals surface area contributed by atoms with Crippen molar-refractivity contribution in [1.29, 1.82) is 0 Å². The van der Waals surface area contributed by atoms with Gasteiger partial charge in [-0.3, -0.25) is 0 Å². The molecule has 0 radical (unpaired) electrons. The Hall–Kier alpha value is -0.917. The second-order valence-corrected chi connectivity index (χ2v) is 18.0. The van der Waals surface area contributed by atoms with Gasteiger partial charge in [-0.2, -0.15) is 4.58 Å². The van der Waals surface area contributed by atoms with Gasteiger partial charge in [0.05, 0.1) is 30.9 Å². The Morgan fingerprint density at radius 2 is 1.50 bits per heavy atom. The van der Waals surface area contributed by atoms with Crippen LogP contribution >= 0.6 is 0 Å². The van der Waals surface area contributed by atoms with E-state index in [0.29, 0.717) is 36.8 Å². The molecule has 0 saturated carbocycles. The fourth-order valence-corrected chi connectivity index (χ4v) is 9.16. The molecule has 0 unspecified atom stereocenters. The van der Waals surface area contributed by atoms with E-state index in [1.54, 1.807) is 30.4 Å². The van der Waals surface area contributed by atoms with Gasteiger partial charge in [-0.15, -0.1) is 0 Å². The average Bonchev–Trinajstić information content (AvgIpc) is 3.38. The maximum absolute atomic E-state index is 12.2. The van der Waals surface area contributed by atoms with E-state index in [-0.39, 0.29) is 126 Å². The molecule has 0 amide bonds. The summed E-state index contributed by atoms with van der Waals surface area (Å²) in [4.78, 5) is 12.1. The molecule has 278 valence electrons. The van der Waals surface area contributed by atoms with Gasteiger partial charge < -0.3 is 23.7 Å². The smallest absolute Gasteiger partial charge is 0.748 e. The van der Waals surface area contributed by atoms with E-state index in [1.165, 1.54) is 12.1 Å². The first kappa shape index (κ1) is 47.5. The fraction of sp³-hybridized carbons (Fsp3) is 0.333. The van der Waals surface area contributed by atoms with Crippen LogP contribution in [0.3, 0.4) is 0 Å². The van der Waals surface area contributed by atoms with Crippen LogP contribution in [0.4, 0.5) is 11.4 Å². The first-order chi connectivity index (χ1) is 24.0. The summed E-state index contributed by atoms with van der Waals surface area (Å²) in [6.45, 7) is 10.4. The van der Waals surface area contributed by atoms with Gasteiger partial charge in [-0.1, -0.05) is 38.1 Å². The average molecular weight is 849 g/mol. The van der Waals surface area contributed by atoms with Crippen LogP contribution in [0.1, 0.15) is 68.9 Å². The van der Waals surface area contributed by atoms with Crippen molar-refractivity contribution >= 4 is 64.2 Å². The van der Waals surface area contributed by atoms with Gasteiger partial charge in [0.15, 0.2) is 5.71 Å². The van der Waals surface area contributed by atoms with Gasteiger partial charge in [0, 0.05) is 53.2 Å². The number of allylic oxidation sites excluding steroid dienone is 6. The largest absolute Gasteiger partial charge is 1.00 e. The molecule has 13 nitrogen and oxygen atoms in total. The zero-order chi connectivity index (χ0) is 38.6. The molecule has 54 heavy (non-hydrogen) atoms. The molecule has 18 heteroatoms. The molecule has 3 aromatic carbocycles. The van der Waals surface area contributed by atoms with Crippen molar-refractivity contribution in [2.24, 2.45) is 0 Å². The molecule has 3 aromatic rings. The first-order valence-electron chi connectivity index (χ1n) is 16.3. The molecule has 0 aliphatic carbocycles. The zero-order valence-electron chi connectivity index (χ0n) is 31.1. The molecule has 5 rings (SSSR count). The topological polar surface area (TPSA) is 215 Å². The third-order valence-electron chi connectivity index (χ3n) is 9.67. The van der Waals surface area contributed by atoms with Crippen LogP contribution in [0.25, 0.3) is 10.8 Å². The Bertz CT molecular complexity index is 2470. The van der Waals surface area contributed by atoms with Crippen molar-refractivity contribution in [2.45, 2.75) is 68.1 Å². The Balaban J connectivity index is 0.00000392. The van der Waals surface area contributed by atoms with Crippen LogP contribution < -0.4 is 108 Å². The molecular weight excluding hydrogens is 811 g/mol. The summed E-state index contributed by atoms with van der Waals surface area (Å²) in [5.41, 5.74) is 3.05. The number of aromatic carboxylic acids is 1. The van der Waals surface area contributed by atoms with Gasteiger partial charge in [-0.05, 0) is 79.9 Å². The summed E-state index contributed by atoms with van der Waals surface area (Å²) in [6.07, 6.45) is 9.71. The van der Waals surface area contributed by atoms with Crippen molar-refractivity contribution in [3.05, 3.63) is 95.2 Å². The number of carboxylic acids is 1. The number of rotatable bonds is 12. The van der Waals surface area contributed by atoms with Crippen molar-refractivity contribution in [3.63, 3.8) is 0 Å². The predicted octanol–water partition coefficient (Wildman–Crippen LogP) is -1.13. The summed E-state index contributed by atoms with van der Waals surface area (Å²) in [6, 6.07) is 9.68. The van der Waals surface area contributed by atoms with Crippen molar-refractivity contribution in [3.8, 4) is 0 Å². The van der Waals surface area contributed by atoms with Gasteiger partial charge in [0.25, 0.3) is 0 Å². The van der Waals surface area contributed by atoms with E-state index >= 15 is 0 Å². The van der Waals surface area contributed by atoms with Crippen LogP contribution in [0.15, 0.2) is 88.3 Å². The summed E-state index contributed by atoms with van der Waals surface area (Å²) < 4.78 is 108. The third-order valence-corrected chi connectivity index (χ3v) is 12.1. The van der Waals surface area contributed by atoms with Crippen LogP contribution in [0.2, 0.25) is 0 Å². The van der Waals surface area contributed by atoms with E-state index in [1.807, 2.05) is 62.3 Å². The molecule has 2 aliphatic rings. The number of unbranched alkanes of at least 4 members (excludes halogenated alkanes) is 1. The van der Waals surface area contributed by atoms with Crippen molar-refractivity contribution in [2.75, 3.05) is 23.7 Å². The molecular formula is C36H38K2N2O11S3. The van der Waals surface area contributed by atoms with Gasteiger partial charge in [-0.25, -0.2) is 30.0 Å². The Morgan fingerprint density at radius 3 is 2.07 bits per heavy atom. The number of carbonyl (C=O) groups is 1. The molecule has 0 atom stereocenters. The SMILES string of the molecule is CCN1C(=CC=CC=CC2=[N+](CCCCS(=O)(=O)[O-])c3ccc(C(=O)O)cc3C2(C)C)C(C)(C)c2c1ccc1c(S(=O)(=O)[O-])cc(S(=O)(=O)[O-])cc21.[K+].[K+]. The minimum Gasteiger partial charge on any atom is -0.748 e. The molecule has 2 aliphatic heterocycles. The monoisotopic (exact) mass is 848 g/mol. The number of hydrogen-bond donors (Lipinski definition) is 1. The summed E-state index contributed by atoms with van der Waals surface area (Å²) >= 11 is 0. The van der Waals surface area contributed by atoms with Gasteiger partial charge in [0.2, 0.25) is 5.69 Å². The van der Waals surface area contributed by atoms with E-state index in [2.05, 4.69) is 0 Å². The zero-order valence-corrected chi connectivity index (χ0v) is 39.8. The number of fused-ring (bicyclic) bond motifs is 4. The maximum atomic E-state index is 12.2. The normalized spacial score (nSPS) is 17.3. The summed E-state index contributed by atoms with van der Waals surface area (Å²) in [7, 11) is -14.6. The Labute approximate surface area is 401 Å². The number of benzene rings is 3. The molecule has 0 fully saturated rings. The minimum absolute atomic E-state index is 0. The van der Waals surface area contributed by atoms with Crippen LogP contribution in [-0.4, -0.2) is 79.1 Å². The molecule has 0 spiro atoms. The van der Waals surface area contributed by atoms with Crippen LogP contribution in [-0.2, 0) is 41.2 Å². The fourth-order valence-electron chi connectivity index (χ4n) is 7.29. The van der Waals surface area contributed by atoms with Crippen LogP contribution in [0.5, 0.6) is 0 Å². The first-order valence-corrected chi connectivity index (χ1v) is 20.7. The van der Waals surface area contributed by atoms with Crippen molar-refractivity contribution < 1.29 is 156 Å². The Morgan fingerprint density at radius 1 is 0.833 bits per heavy atom. The molecule has 0 saturated heterocycles. The third kappa shape index (κ3) is 9.67. The predicted molar refractivity (Wildman–Crippen MR) is 192 cm³/mol. The molecule has 1 N–H and O–H groups in total. The van der Waals surface area contributed by atoms with E-state index < -0.39 is 62.7 Å². The van der Waals surface area contributed by atoms with E-state index in [4.69, 9.17) is 0 Å². The second-order valence-electron chi connectivity index (χ2n) is 13.7. The summed E-state index contributed by atoms with van der Waals surface area (Å²) in [5.74, 6) is -1.55. The van der Waals surface area contributed by atoms with Gasteiger partial charge >= 0.3 is 109 Å². The molecule has 2 heterocycles. The van der Waals surface area contributed by atoms with E-state index in [9.17, 15) is 48.8 Å². The number of anilines is 1. The molecule has 0 aromatic heterocycles. The second kappa shape index (κ2) is 17.5. The number of likely N-dealkylation sites (N-methyl/N-ethyl adjacent to an activating group) is 1. The Kier molecular flexibility index (Phi) is 15.4. The van der Waals surface area contributed by atoms with Crippen molar-refractivity contribution in [1.82, 2.24) is 0 Å². The number of nitrogens with zero attached hydrogens (tertiary/aromatic N) is 2. The van der Waals surface area contributed by atoms with E-state index in [0.717, 1.165) is 28.7 Å². The number of hydrogen-bond acceptors (Lipinski definition) is 11. The minimum atomic E-state index is -5.14. The summed E-state index contributed by atoms with van der Waals surface area (Å²) in [5, 5.41) is 9.79. The van der Waals surface area contributed by atoms with Gasteiger partial charge in [0.1, 0.15) is 26.8 Å². The molecule has 0 bridgehead atoms. The standard InChI is InChI=1S/C36H40N2O11S3.2K/c1-6-37-29-17-15-25-26(21-24(51(44,45)46)22-30(25)52(47,48)49)33(29)36(4,5)32(37)13-9-7-8-12-31-35(2,3)27-20-23(34(39)40)14-16-28(27)38(31)18-10-11-19-50(41,42)43;;/h7-9,12-17,20-22H,6,10-11,18-19H2,1-5H3,(H3-,39,40,41,42,43,44,45,46,47,48,49);;/q;2*+1/p-2. The van der Waals surface area contributed by atoms with Crippen LogP contribution in [0, 0.1) is 0 Å². The number of carboxylic acid groups (broad SMARTS) is 1.